The summed E-state index contributed by atoms with van der Waals surface area (Å²) in [5.41, 5.74) is 1.41. The normalized spacial score (nSPS) is 10.6. The highest BCUT2D eigenvalue weighted by Crippen LogP contribution is 2.25. The Morgan fingerprint density at radius 3 is 2.61 bits per heavy atom. The average Bonchev–Trinajstić information content (AvgIpc) is 2.67. The van der Waals surface area contributed by atoms with Gasteiger partial charge in [0.05, 0.1) is 18.8 Å². The Kier molecular flexibility index (Phi) is 8.47. The van der Waals surface area contributed by atoms with Crippen LogP contribution in [0.1, 0.15) is 34.6 Å². The highest BCUT2D eigenvalue weighted by molar-refractivity contribution is 9.10. The number of carbonyl (C=O) groups excluding carboxylic acids is 2. The summed E-state index contributed by atoms with van der Waals surface area (Å²) in [6, 6.07) is 12.1. The highest BCUT2D eigenvalue weighted by atomic mass is 79.9. The lowest BCUT2D eigenvalue weighted by Gasteiger charge is -2.14. The second kappa shape index (κ2) is 10.8. The van der Waals surface area contributed by atoms with E-state index in [-0.39, 0.29) is 11.8 Å². The fourth-order valence-corrected chi connectivity index (χ4v) is 2.73. The van der Waals surface area contributed by atoms with Crippen LogP contribution in [0.4, 0.5) is 5.69 Å². The number of carbonyl (C=O) groups is 2. The largest absolute Gasteiger partial charge is 0.492 e. The Hall–Kier alpha value is -2.38. The molecule has 2 amide bonds. The Bertz CT molecular complexity index is 824. The monoisotopic (exact) mass is 448 g/mol. The van der Waals surface area contributed by atoms with Crippen LogP contribution in [0.3, 0.4) is 0 Å². The predicted molar refractivity (Wildman–Crippen MR) is 113 cm³/mol. The van der Waals surface area contributed by atoms with Crippen molar-refractivity contribution in [2.45, 2.75) is 13.8 Å². The molecule has 0 fully saturated rings. The van der Waals surface area contributed by atoms with E-state index in [2.05, 4.69) is 26.6 Å². The molecule has 150 valence electrons. The van der Waals surface area contributed by atoms with Crippen LogP contribution in [0.15, 0.2) is 46.9 Å². The number of ether oxygens (including phenoxy) is 2. The number of methoxy groups -OCH3 is 1. The summed E-state index contributed by atoms with van der Waals surface area (Å²) in [6.45, 7) is 5.45. The molecule has 0 aliphatic rings. The van der Waals surface area contributed by atoms with Gasteiger partial charge in [0.2, 0.25) is 0 Å². The van der Waals surface area contributed by atoms with Crippen LogP contribution in [-0.2, 0) is 4.74 Å². The van der Waals surface area contributed by atoms with Gasteiger partial charge in [-0.2, -0.15) is 0 Å². The van der Waals surface area contributed by atoms with Gasteiger partial charge in [0, 0.05) is 29.4 Å². The number of anilines is 1. The Labute approximate surface area is 173 Å². The molecule has 0 aromatic heterocycles. The van der Waals surface area contributed by atoms with Gasteiger partial charge in [0.15, 0.2) is 0 Å². The first kappa shape index (κ1) is 21.9. The van der Waals surface area contributed by atoms with Crippen LogP contribution in [0.5, 0.6) is 5.75 Å². The van der Waals surface area contributed by atoms with Crippen molar-refractivity contribution in [2.75, 3.05) is 32.2 Å². The number of halogens is 1. The molecule has 0 heterocycles. The van der Waals surface area contributed by atoms with Gasteiger partial charge in [0.25, 0.3) is 11.8 Å². The van der Waals surface area contributed by atoms with Gasteiger partial charge in [-0.1, -0.05) is 35.8 Å². The van der Waals surface area contributed by atoms with Gasteiger partial charge in [-0.05, 0) is 42.3 Å². The van der Waals surface area contributed by atoms with Crippen LogP contribution in [0.25, 0.3) is 0 Å². The van der Waals surface area contributed by atoms with Gasteiger partial charge in [0.1, 0.15) is 5.75 Å². The zero-order valence-corrected chi connectivity index (χ0v) is 17.8. The molecule has 6 nitrogen and oxygen atoms in total. The maximum absolute atomic E-state index is 12.8. The zero-order chi connectivity index (χ0) is 20.5. The SMILES string of the molecule is COCCNC(=O)c1cccc(NC(=O)c2cc(Br)ccc2OCC(C)C)c1. The molecular formula is C21H25BrN2O4. The maximum atomic E-state index is 12.8. The molecule has 0 unspecified atom stereocenters. The summed E-state index contributed by atoms with van der Waals surface area (Å²) in [7, 11) is 1.57. The van der Waals surface area contributed by atoms with E-state index in [1.165, 1.54) is 0 Å². The third-order valence-electron chi connectivity index (χ3n) is 3.73. The van der Waals surface area contributed by atoms with Crippen LogP contribution in [0, 0.1) is 5.92 Å². The molecule has 0 aliphatic heterocycles. The Morgan fingerprint density at radius 2 is 1.89 bits per heavy atom. The minimum Gasteiger partial charge on any atom is -0.492 e. The molecule has 28 heavy (non-hydrogen) atoms. The van der Waals surface area contributed by atoms with E-state index in [0.717, 1.165) is 4.47 Å². The van der Waals surface area contributed by atoms with Gasteiger partial charge in [-0.15, -0.1) is 0 Å². The quantitative estimate of drug-likeness (QED) is 0.565. The van der Waals surface area contributed by atoms with E-state index in [0.29, 0.717) is 48.2 Å². The molecule has 0 saturated carbocycles. The minimum atomic E-state index is -0.308. The van der Waals surface area contributed by atoms with E-state index >= 15 is 0 Å². The number of rotatable bonds is 9. The molecule has 0 saturated heterocycles. The standard InChI is InChI=1S/C21H25BrN2O4/c1-14(2)13-28-19-8-7-16(22)12-18(19)21(26)24-17-6-4-5-15(11-17)20(25)23-9-10-27-3/h4-8,11-12,14H,9-10,13H2,1-3H3,(H,23,25)(H,24,26). The van der Waals surface area contributed by atoms with Crippen molar-refractivity contribution in [1.29, 1.82) is 0 Å². The summed E-state index contributed by atoms with van der Waals surface area (Å²) < 4.78 is 11.5. The molecule has 2 rings (SSSR count). The van der Waals surface area contributed by atoms with Crippen LogP contribution in [0.2, 0.25) is 0 Å². The maximum Gasteiger partial charge on any atom is 0.259 e. The first-order valence-corrected chi connectivity index (χ1v) is 9.81. The van der Waals surface area contributed by atoms with Crippen LogP contribution >= 0.6 is 15.9 Å². The van der Waals surface area contributed by atoms with Crippen molar-refractivity contribution < 1.29 is 19.1 Å². The first-order chi connectivity index (χ1) is 13.4. The lowest BCUT2D eigenvalue weighted by atomic mass is 10.1. The predicted octanol–water partition coefficient (Wildman–Crippen LogP) is 4.11. The summed E-state index contributed by atoms with van der Waals surface area (Å²) in [5, 5.41) is 5.58. The van der Waals surface area contributed by atoms with E-state index in [1.807, 2.05) is 19.9 Å². The molecule has 0 aliphatic carbocycles. The summed E-state index contributed by atoms with van der Waals surface area (Å²) in [6.07, 6.45) is 0. The van der Waals surface area contributed by atoms with Gasteiger partial charge in [-0.25, -0.2) is 0 Å². The first-order valence-electron chi connectivity index (χ1n) is 9.01. The molecule has 0 atom stereocenters. The van der Waals surface area contributed by atoms with Crippen molar-refractivity contribution in [3.63, 3.8) is 0 Å². The van der Waals surface area contributed by atoms with E-state index < -0.39 is 0 Å². The second-order valence-electron chi connectivity index (χ2n) is 6.63. The molecule has 2 aromatic carbocycles. The lowest BCUT2D eigenvalue weighted by molar-refractivity contribution is 0.0936. The number of benzene rings is 2. The average molecular weight is 449 g/mol. The van der Waals surface area contributed by atoms with Gasteiger partial charge < -0.3 is 20.1 Å². The Morgan fingerprint density at radius 1 is 1.11 bits per heavy atom. The van der Waals surface area contributed by atoms with Crippen molar-refractivity contribution >= 4 is 33.4 Å². The van der Waals surface area contributed by atoms with Crippen molar-refractivity contribution in [3.05, 3.63) is 58.1 Å². The molecule has 0 radical (unpaired) electrons. The number of amides is 2. The van der Waals surface area contributed by atoms with E-state index in [9.17, 15) is 9.59 Å². The molecule has 0 spiro atoms. The van der Waals surface area contributed by atoms with Crippen LogP contribution < -0.4 is 15.4 Å². The van der Waals surface area contributed by atoms with Gasteiger partial charge >= 0.3 is 0 Å². The smallest absolute Gasteiger partial charge is 0.259 e. The topological polar surface area (TPSA) is 76.7 Å². The van der Waals surface area contributed by atoms with Crippen molar-refractivity contribution in [2.24, 2.45) is 5.92 Å². The highest BCUT2D eigenvalue weighted by Gasteiger charge is 2.15. The van der Waals surface area contributed by atoms with Crippen LogP contribution in [-0.4, -0.2) is 38.7 Å². The lowest BCUT2D eigenvalue weighted by Crippen LogP contribution is -2.27. The van der Waals surface area contributed by atoms with E-state index in [1.54, 1.807) is 43.5 Å². The fraction of sp³-hybridized carbons (Fsp3) is 0.333. The van der Waals surface area contributed by atoms with Crippen molar-refractivity contribution in [3.8, 4) is 5.75 Å². The summed E-state index contributed by atoms with van der Waals surface area (Å²) in [5.74, 6) is 0.323. The molecule has 2 aromatic rings. The second-order valence-corrected chi connectivity index (χ2v) is 7.54. The van der Waals surface area contributed by atoms with Gasteiger partial charge in [-0.3, -0.25) is 9.59 Å². The minimum absolute atomic E-state index is 0.225. The fourth-order valence-electron chi connectivity index (χ4n) is 2.37. The number of nitrogens with one attached hydrogen (secondary N) is 2. The molecule has 0 bridgehead atoms. The summed E-state index contributed by atoms with van der Waals surface area (Å²) >= 11 is 3.39. The molecular weight excluding hydrogens is 424 g/mol. The molecule has 2 N–H and O–H groups in total. The number of hydrogen-bond acceptors (Lipinski definition) is 4. The Balaban J connectivity index is 2.13. The van der Waals surface area contributed by atoms with Crippen molar-refractivity contribution in [1.82, 2.24) is 5.32 Å². The third-order valence-corrected chi connectivity index (χ3v) is 4.23. The number of hydrogen-bond donors (Lipinski definition) is 2. The molecule has 7 heteroatoms. The zero-order valence-electron chi connectivity index (χ0n) is 16.3. The summed E-state index contributed by atoms with van der Waals surface area (Å²) in [4.78, 5) is 25.0. The third kappa shape index (κ3) is 6.65. The van der Waals surface area contributed by atoms with E-state index in [4.69, 9.17) is 9.47 Å².